The molecule has 1 aromatic carbocycles. The minimum atomic E-state index is -0.624. The lowest BCUT2D eigenvalue weighted by Crippen LogP contribution is -2.37. The number of anilines is 1. The maximum absolute atomic E-state index is 13.9. The molecule has 0 saturated heterocycles. The van der Waals surface area contributed by atoms with Crippen LogP contribution in [-0.4, -0.2) is 57.5 Å². The summed E-state index contributed by atoms with van der Waals surface area (Å²) in [6, 6.07) is 11.9. The Hall–Kier alpha value is -4.38. The SMILES string of the molecule is CF.CN[C@@H]1CCC[C@H](Nc2ccnc(-c3c[nH]c4c(F)cc(F)cc34)n2)C1.O=Cc1ccc2ncccc2n1. The molecule has 2 atom stereocenters. The van der Waals surface area contributed by atoms with Gasteiger partial charge >= 0.3 is 0 Å². The zero-order valence-electron chi connectivity index (χ0n) is 22.2. The van der Waals surface area contributed by atoms with Crippen molar-refractivity contribution in [1.29, 1.82) is 0 Å². The first-order valence-corrected chi connectivity index (χ1v) is 12.8. The number of nitrogens with zero attached hydrogens (tertiary/aromatic N) is 4. The van der Waals surface area contributed by atoms with Gasteiger partial charge in [-0.1, -0.05) is 0 Å². The van der Waals surface area contributed by atoms with Crippen LogP contribution in [0.15, 0.2) is 61.1 Å². The molecule has 4 heterocycles. The number of hydrogen-bond acceptors (Lipinski definition) is 7. The van der Waals surface area contributed by atoms with Gasteiger partial charge < -0.3 is 15.6 Å². The number of hydrogen-bond donors (Lipinski definition) is 3. The molecule has 6 rings (SSSR count). The molecule has 40 heavy (non-hydrogen) atoms. The molecule has 1 aliphatic carbocycles. The minimum Gasteiger partial charge on any atom is -0.367 e. The van der Waals surface area contributed by atoms with E-state index in [9.17, 15) is 18.0 Å². The number of rotatable bonds is 5. The van der Waals surface area contributed by atoms with Crippen LogP contribution in [0.5, 0.6) is 0 Å². The molecule has 4 aromatic heterocycles. The van der Waals surface area contributed by atoms with E-state index < -0.39 is 11.6 Å². The fourth-order valence-corrected chi connectivity index (χ4v) is 4.74. The first kappa shape index (κ1) is 28.6. The second-order valence-corrected chi connectivity index (χ2v) is 9.17. The quantitative estimate of drug-likeness (QED) is 0.235. The van der Waals surface area contributed by atoms with Crippen molar-refractivity contribution in [3.8, 4) is 11.4 Å². The molecule has 1 fully saturated rings. The van der Waals surface area contributed by atoms with Crippen LogP contribution in [-0.2, 0) is 0 Å². The molecule has 0 spiro atoms. The summed E-state index contributed by atoms with van der Waals surface area (Å²) in [5.41, 5.74) is 2.84. The van der Waals surface area contributed by atoms with Crippen molar-refractivity contribution in [2.45, 2.75) is 37.8 Å². The number of nitrogens with one attached hydrogen (secondary N) is 3. The summed E-state index contributed by atoms with van der Waals surface area (Å²) in [6.45, 7) is 0. The third kappa shape index (κ3) is 6.78. The summed E-state index contributed by atoms with van der Waals surface area (Å²) < 4.78 is 37.0. The first-order chi connectivity index (χ1) is 19.5. The third-order valence-corrected chi connectivity index (χ3v) is 6.64. The number of benzene rings is 1. The Morgan fingerprint density at radius 1 is 0.975 bits per heavy atom. The van der Waals surface area contributed by atoms with E-state index in [-0.39, 0.29) is 5.52 Å². The van der Waals surface area contributed by atoms with Crippen molar-refractivity contribution < 1.29 is 18.0 Å². The number of carbonyl (C=O) groups is 1. The van der Waals surface area contributed by atoms with E-state index in [1.807, 2.05) is 19.2 Å². The number of fused-ring (bicyclic) bond motifs is 2. The molecule has 208 valence electrons. The Morgan fingerprint density at radius 3 is 2.60 bits per heavy atom. The summed E-state index contributed by atoms with van der Waals surface area (Å²) in [5, 5.41) is 7.24. The molecular weight excluding hydrogens is 519 g/mol. The standard InChI is InChI=1S/C19H21F2N5.C9H6N2O.CH3F/c1-22-12-3-2-4-13(9-12)25-17-5-6-23-19(26-17)15-10-24-18-14(15)7-11(20)8-16(18)21;12-6-7-3-4-8-9(11-7)2-1-5-10-8;1-2/h5-8,10,12-13,22,24H,2-4,9H2,1H3,(H,23,25,26);1-6H;1H3/t12-,13+;;/m1../s1. The van der Waals surface area contributed by atoms with E-state index in [0.29, 0.717) is 41.7 Å². The normalized spacial score (nSPS) is 16.4. The molecule has 0 amide bonds. The van der Waals surface area contributed by atoms with Crippen LogP contribution < -0.4 is 10.6 Å². The van der Waals surface area contributed by atoms with Gasteiger partial charge in [-0.25, -0.2) is 23.7 Å². The summed E-state index contributed by atoms with van der Waals surface area (Å²) in [5.74, 6) is -0.0820. The number of carbonyl (C=O) groups excluding carboxylic acids is 1. The van der Waals surface area contributed by atoms with E-state index in [1.165, 1.54) is 18.9 Å². The van der Waals surface area contributed by atoms with Crippen LogP contribution in [0.25, 0.3) is 33.3 Å². The Balaban J connectivity index is 0.000000220. The Labute approximate surface area is 229 Å². The van der Waals surface area contributed by atoms with E-state index in [4.69, 9.17) is 0 Å². The lowest BCUT2D eigenvalue weighted by Gasteiger charge is -2.29. The van der Waals surface area contributed by atoms with Crippen LogP contribution in [0.3, 0.4) is 0 Å². The molecule has 3 N–H and O–H groups in total. The van der Waals surface area contributed by atoms with Crippen molar-refractivity contribution >= 4 is 34.0 Å². The molecule has 1 saturated carbocycles. The van der Waals surface area contributed by atoms with Gasteiger partial charge in [0.1, 0.15) is 23.1 Å². The smallest absolute Gasteiger partial charge is 0.168 e. The second-order valence-electron chi connectivity index (χ2n) is 9.17. The molecular formula is C29H30F3N7O. The van der Waals surface area contributed by atoms with E-state index in [2.05, 4.69) is 35.6 Å². The van der Waals surface area contributed by atoms with Crippen molar-refractivity contribution in [2.75, 3.05) is 19.5 Å². The summed E-state index contributed by atoms with van der Waals surface area (Å²) >= 11 is 0. The molecule has 0 unspecified atom stereocenters. The summed E-state index contributed by atoms with van der Waals surface area (Å²) in [7, 11) is 2.49. The van der Waals surface area contributed by atoms with Gasteiger partial charge in [-0.3, -0.25) is 14.2 Å². The highest BCUT2D eigenvalue weighted by molar-refractivity contribution is 5.94. The number of H-pyrrole nitrogens is 1. The van der Waals surface area contributed by atoms with Gasteiger partial charge in [-0.2, -0.15) is 0 Å². The van der Waals surface area contributed by atoms with E-state index >= 15 is 0 Å². The van der Waals surface area contributed by atoms with Gasteiger partial charge in [0.15, 0.2) is 12.1 Å². The van der Waals surface area contributed by atoms with Crippen LogP contribution >= 0.6 is 0 Å². The average molecular weight is 550 g/mol. The third-order valence-electron chi connectivity index (χ3n) is 6.64. The van der Waals surface area contributed by atoms with E-state index in [1.54, 1.807) is 36.8 Å². The number of halogens is 3. The van der Waals surface area contributed by atoms with Crippen LogP contribution in [0.2, 0.25) is 0 Å². The van der Waals surface area contributed by atoms with Crippen molar-refractivity contribution in [1.82, 2.24) is 30.2 Å². The zero-order chi connectivity index (χ0) is 28.5. The number of pyridine rings is 2. The number of aldehydes is 1. The van der Waals surface area contributed by atoms with Crippen molar-refractivity contribution in [3.05, 3.63) is 78.4 Å². The van der Waals surface area contributed by atoms with Crippen LogP contribution in [0, 0.1) is 11.6 Å². The van der Waals surface area contributed by atoms with Gasteiger partial charge in [-0.05, 0) is 69.1 Å². The highest BCUT2D eigenvalue weighted by atomic mass is 19.1. The maximum Gasteiger partial charge on any atom is 0.168 e. The Bertz CT molecular complexity index is 1580. The molecule has 8 nitrogen and oxygen atoms in total. The minimum absolute atomic E-state index is 0.257. The van der Waals surface area contributed by atoms with Crippen molar-refractivity contribution in [3.63, 3.8) is 0 Å². The second kappa shape index (κ2) is 13.6. The Morgan fingerprint density at radius 2 is 1.80 bits per heavy atom. The molecule has 0 aliphatic heterocycles. The molecule has 1 aliphatic rings. The monoisotopic (exact) mass is 549 g/mol. The predicted octanol–water partition coefficient (Wildman–Crippen LogP) is 5.87. The van der Waals surface area contributed by atoms with Crippen molar-refractivity contribution in [2.24, 2.45) is 0 Å². The zero-order valence-corrected chi connectivity index (χ0v) is 22.2. The van der Waals surface area contributed by atoms with Crippen LogP contribution in [0.4, 0.5) is 19.0 Å². The summed E-state index contributed by atoms with van der Waals surface area (Å²) in [6.07, 6.45) is 10.2. The largest absolute Gasteiger partial charge is 0.367 e. The fourth-order valence-electron chi connectivity index (χ4n) is 4.74. The van der Waals surface area contributed by atoms with Gasteiger partial charge in [0.2, 0.25) is 0 Å². The molecule has 5 aromatic rings. The molecule has 0 bridgehead atoms. The fraction of sp³-hybridized carbons (Fsp3) is 0.276. The average Bonchev–Trinajstić information content (AvgIpc) is 3.43. The first-order valence-electron chi connectivity index (χ1n) is 12.8. The number of aromatic nitrogens is 5. The topological polar surface area (TPSA) is 108 Å². The highest BCUT2D eigenvalue weighted by Crippen LogP contribution is 2.29. The van der Waals surface area contributed by atoms with Crippen LogP contribution in [0.1, 0.15) is 36.2 Å². The van der Waals surface area contributed by atoms with E-state index in [0.717, 1.165) is 42.0 Å². The van der Waals surface area contributed by atoms with Gasteiger partial charge in [0.05, 0.1) is 23.7 Å². The highest BCUT2D eigenvalue weighted by Gasteiger charge is 2.21. The van der Waals surface area contributed by atoms with Gasteiger partial charge in [0, 0.05) is 47.7 Å². The molecule has 11 heteroatoms. The predicted molar refractivity (Wildman–Crippen MR) is 150 cm³/mol. The number of aromatic amines is 1. The van der Waals surface area contributed by atoms with Gasteiger partial charge in [0.25, 0.3) is 0 Å². The number of alkyl halides is 1. The molecule has 0 radical (unpaired) electrons. The summed E-state index contributed by atoms with van der Waals surface area (Å²) in [4.78, 5) is 30.2. The lowest BCUT2D eigenvalue weighted by atomic mass is 9.91. The lowest BCUT2D eigenvalue weighted by molar-refractivity contribution is 0.111. The maximum atomic E-state index is 13.9. The van der Waals surface area contributed by atoms with Gasteiger partial charge in [-0.15, -0.1) is 0 Å². The Kier molecular flexibility index (Phi) is 9.74.